The highest BCUT2D eigenvalue weighted by atomic mass is 32.1. The van der Waals surface area contributed by atoms with E-state index in [4.69, 9.17) is 14.5 Å². The SMILES string of the molecule is CCOC(=O)[C@H]1CCCN(C(=O)c2ccc(-c3cc4ccccc4s3)nc2N2CCOCC2)C1. The molecule has 8 heteroatoms. The van der Waals surface area contributed by atoms with Crippen LogP contribution < -0.4 is 4.90 Å². The van der Waals surface area contributed by atoms with E-state index in [0.717, 1.165) is 23.4 Å². The molecule has 0 bridgehead atoms. The van der Waals surface area contributed by atoms with Crippen LogP contribution in [0.2, 0.25) is 0 Å². The molecule has 1 aromatic carbocycles. The summed E-state index contributed by atoms with van der Waals surface area (Å²) in [5.41, 5.74) is 1.44. The molecular formula is C26H29N3O4S. The second-order valence-corrected chi connectivity index (χ2v) is 9.74. The number of pyridine rings is 1. The first-order valence-corrected chi connectivity index (χ1v) is 12.7. The molecule has 34 heavy (non-hydrogen) atoms. The third-order valence-electron chi connectivity index (χ3n) is 6.42. The Labute approximate surface area is 203 Å². The number of hydrogen-bond acceptors (Lipinski definition) is 7. The van der Waals surface area contributed by atoms with Gasteiger partial charge in [-0.1, -0.05) is 18.2 Å². The van der Waals surface area contributed by atoms with E-state index >= 15 is 0 Å². The van der Waals surface area contributed by atoms with Crippen LogP contribution in [-0.2, 0) is 14.3 Å². The molecule has 2 saturated heterocycles. The van der Waals surface area contributed by atoms with Gasteiger partial charge in [0.05, 0.1) is 41.9 Å². The largest absolute Gasteiger partial charge is 0.466 e. The van der Waals surface area contributed by atoms with Crippen molar-refractivity contribution >= 4 is 39.1 Å². The van der Waals surface area contributed by atoms with Gasteiger partial charge >= 0.3 is 5.97 Å². The molecule has 0 N–H and O–H groups in total. The van der Waals surface area contributed by atoms with E-state index in [-0.39, 0.29) is 17.8 Å². The summed E-state index contributed by atoms with van der Waals surface area (Å²) in [6, 6.07) is 14.3. The van der Waals surface area contributed by atoms with Crippen molar-refractivity contribution in [3.05, 3.63) is 48.0 Å². The van der Waals surface area contributed by atoms with Crippen molar-refractivity contribution in [1.29, 1.82) is 0 Å². The number of esters is 1. The fraction of sp³-hybridized carbons (Fsp3) is 0.423. The van der Waals surface area contributed by atoms with E-state index in [1.54, 1.807) is 16.2 Å². The number of nitrogens with zero attached hydrogens (tertiary/aromatic N) is 3. The van der Waals surface area contributed by atoms with Crippen LogP contribution in [0.15, 0.2) is 42.5 Å². The van der Waals surface area contributed by atoms with Crippen LogP contribution in [0.5, 0.6) is 0 Å². The topological polar surface area (TPSA) is 72.0 Å². The maximum absolute atomic E-state index is 13.7. The van der Waals surface area contributed by atoms with Crippen LogP contribution in [0.4, 0.5) is 5.82 Å². The van der Waals surface area contributed by atoms with E-state index in [1.165, 1.54) is 10.1 Å². The van der Waals surface area contributed by atoms with Crippen molar-refractivity contribution in [3.8, 4) is 10.6 Å². The summed E-state index contributed by atoms with van der Waals surface area (Å²) < 4.78 is 12.0. The third kappa shape index (κ3) is 4.65. The molecule has 2 aliphatic rings. The van der Waals surface area contributed by atoms with Gasteiger partial charge in [0.1, 0.15) is 5.82 Å². The molecule has 2 fully saturated rings. The minimum Gasteiger partial charge on any atom is -0.466 e. The summed E-state index contributed by atoms with van der Waals surface area (Å²) in [4.78, 5) is 36.0. The van der Waals surface area contributed by atoms with Crippen LogP contribution in [0, 0.1) is 5.92 Å². The predicted molar refractivity (Wildman–Crippen MR) is 133 cm³/mol. The van der Waals surface area contributed by atoms with E-state index in [1.807, 2.05) is 31.2 Å². The number of likely N-dealkylation sites (tertiary alicyclic amines) is 1. The van der Waals surface area contributed by atoms with Crippen LogP contribution in [0.3, 0.4) is 0 Å². The zero-order chi connectivity index (χ0) is 23.5. The molecule has 0 aliphatic carbocycles. The molecule has 2 aliphatic heterocycles. The van der Waals surface area contributed by atoms with Gasteiger partial charge in [-0.2, -0.15) is 0 Å². The first-order valence-electron chi connectivity index (χ1n) is 11.9. The molecule has 178 valence electrons. The second kappa shape index (κ2) is 10.1. The fourth-order valence-electron chi connectivity index (χ4n) is 4.66. The molecule has 1 amide bonds. The van der Waals surface area contributed by atoms with Gasteiger partial charge in [-0.3, -0.25) is 9.59 Å². The van der Waals surface area contributed by atoms with Gasteiger partial charge in [0.25, 0.3) is 5.91 Å². The first-order chi connectivity index (χ1) is 16.6. The Morgan fingerprint density at radius 1 is 1.15 bits per heavy atom. The number of carbonyl (C=O) groups excluding carboxylic acids is 2. The zero-order valence-electron chi connectivity index (χ0n) is 19.4. The van der Waals surface area contributed by atoms with Gasteiger partial charge in [-0.15, -0.1) is 11.3 Å². The first kappa shape index (κ1) is 22.8. The predicted octanol–water partition coefficient (Wildman–Crippen LogP) is 4.22. The summed E-state index contributed by atoms with van der Waals surface area (Å²) in [5, 5.41) is 1.19. The van der Waals surface area contributed by atoms with Gasteiger partial charge < -0.3 is 19.3 Å². The number of ether oxygens (including phenoxy) is 2. The standard InChI is InChI=1S/C26H29N3O4S/c1-2-33-26(31)19-7-5-11-29(17-19)25(30)20-9-10-21(27-24(20)28-12-14-32-15-13-28)23-16-18-6-3-4-8-22(18)34-23/h3-4,6,8-10,16,19H,2,5,7,11-15,17H2,1H3/t19-/m0/s1. The maximum Gasteiger partial charge on any atom is 0.310 e. The second-order valence-electron chi connectivity index (χ2n) is 8.66. The number of piperidine rings is 1. The Morgan fingerprint density at radius 2 is 1.97 bits per heavy atom. The molecule has 2 aromatic heterocycles. The number of hydrogen-bond donors (Lipinski definition) is 0. The normalized spacial score (nSPS) is 18.8. The third-order valence-corrected chi connectivity index (χ3v) is 7.56. The summed E-state index contributed by atoms with van der Waals surface area (Å²) in [7, 11) is 0. The molecule has 7 nitrogen and oxygen atoms in total. The number of morpholine rings is 1. The van der Waals surface area contributed by atoms with Crippen molar-refractivity contribution in [1.82, 2.24) is 9.88 Å². The minimum atomic E-state index is -0.268. The minimum absolute atomic E-state index is 0.0779. The molecule has 1 atom stereocenters. The van der Waals surface area contributed by atoms with Crippen molar-refractivity contribution in [2.75, 3.05) is 50.9 Å². The van der Waals surface area contributed by atoms with Crippen molar-refractivity contribution in [3.63, 3.8) is 0 Å². The summed E-state index contributed by atoms with van der Waals surface area (Å²) in [5.74, 6) is 0.134. The number of benzene rings is 1. The van der Waals surface area contributed by atoms with Crippen molar-refractivity contribution in [2.45, 2.75) is 19.8 Å². The lowest BCUT2D eigenvalue weighted by molar-refractivity contribution is -0.149. The average Bonchev–Trinajstić information content (AvgIpc) is 3.33. The lowest BCUT2D eigenvalue weighted by Gasteiger charge is -2.34. The number of carbonyl (C=O) groups is 2. The Balaban J connectivity index is 1.47. The van der Waals surface area contributed by atoms with Crippen LogP contribution in [-0.4, -0.2) is 67.8 Å². The molecule has 0 saturated carbocycles. The van der Waals surface area contributed by atoms with Gasteiger partial charge in [0, 0.05) is 30.9 Å². The number of aromatic nitrogens is 1. The van der Waals surface area contributed by atoms with E-state index in [0.29, 0.717) is 57.4 Å². The number of anilines is 1. The van der Waals surface area contributed by atoms with Crippen LogP contribution >= 0.6 is 11.3 Å². The zero-order valence-corrected chi connectivity index (χ0v) is 20.2. The van der Waals surface area contributed by atoms with Crippen LogP contribution in [0.1, 0.15) is 30.1 Å². The summed E-state index contributed by atoms with van der Waals surface area (Å²) in [6.07, 6.45) is 1.54. The highest BCUT2D eigenvalue weighted by Crippen LogP contribution is 2.34. The Hall–Kier alpha value is -2.97. The molecule has 0 unspecified atom stereocenters. The average molecular weight is 480 g/mol. The number of thiophene rings is 1. The van der Waals surface area contributed by atoms with Crippen molar-refractivity contribution < 1.29 is 19.1 Å². The van der Waals surface area contributed by atoms with Crippen LogP contribution in [0.25, 0.3) is 20.7 Å². The number of rotatable bonds is 5. The molecule has 4 heterocycles. The van der Waals surface area contributed by atoms with E-state index < -0.39 is 0 Å². The van der Waals surface area contributed by atoms with E-state index in [9.17, 15) is 9.59 Å². The summed E-state index contributed by atoms with van der Waals surface area (Å²) >= 11 is 1.70. The molecule has 0 radical (unpaired) electrons. The molecule has 3 aromatic rings. The number of fused-ring (bicyclic) bond motifs is 1. The fourth-order valence-corrected chi connectivity index (χ4v) is 5.69. The Bertz CT molecular complexity index is 1150. The van der Waals surface area contributed by atoms with Gasteiger partial charge in [-0.05, 0) is 49.4 Å². The highest BCUT2D eigenvalue weighted by molar-refractivity contribution is 7.22. The monoisotopic (exact) mass is 479 g/mol. The molecule has 5 rings (SSSR count). The van der Waals surface area contributed by atoms with Gasteiger partial charge in [-0.25, -0.2) is 4.98 Å². The smallest absolute Gasteiger partial charge is 0.310 e. The van der Waals surface area contributed by atoms with Crippen molar-refractivity contribution in [2.24, 2.45) is 5.92 Å². The Kier molecular flexibility index (Phi) is 6.78. The Morgan fingerprint density at radius 3 is 2.76 bits per heavy atom. The maximum atomic E-state index is 13.7. The van der Waals surface area contributed by atoms with Gasteiger partial charge in [0.15, 0.2) is 0 Å². The van der Waals surface area contributed by atoms with Gasteiger partial charge in [0.2, 0.25) is 0 Å². The quantitative estimate of drug-likeness (QED) is 0.511. The molecular weight excluding hydrogens is 450 g/mol. The molecule has 0 spiro atoms. The number of amides is 1. The van der Waals surface area contributed by atoms with E-state index in [2.05, 4.69) is 23.1 Å². The lowest BCUT2D eigenvalue weighted by Crippen LogP contribution is -2.44. The lowest BCUT2D eigenvalue weighted by atomic mass is 9.97. The summed E-state index contributed by atoms with van der Waals surface area (Å²) in [6.45, 7) is 5.78. The highest BCUT2D eigenvalue weighted by Gasteiger charge is 2.32.